The molecule has 0 amide bonds. The highest BCUT2D eigenvalue weighted by Crippen LogP contribution is 2.29. The highest BCUT2D eigenvalue weighted by Gasteiger charge is 2.30. The zero-order chi connectivity index (χ0) is 25.8. The number of benzene rings is 2. The first-order chi connectivity index (χ1) is 16.5. The Balaban J connectivity index is 2.16. The summed E-state index contributed by atoms with van der Waals surface area (Å²) < 4.78 is 41.7. The zero-order valence-electron chi connectivity index (χ0n) is 20.1. The summed E-state index contributed by atoms with van der Waals surface area (Å²) in [6.45, 7) is 4.44. The largest absolute Gasteiger partial charge is 0.416 e. The van der Waals surface area contributed by atoms with Crippen molar-refractivity contribution >= 4 is 17.3 Å². The molecule has 3 N–H and O–H groups in total. The minimum Gasteiger partial charge on any atom is -0.384 e. The summed E-state index contributed by atoms with van der Waals surface area (Å²) >= 11 is 0. The number of nitrogens with one attached hydrogen (secondary N) is 1. The summed E-state index contributed by atoms with van der Waals surface area (Å²) in [4.78, 5) is 21.9. The molecule has 0 aliphatic heterocycles. The molecule has 1 aromatic heterocycles. The van der Waals surface area contributed by atoms with E-state index in [1.807, 2.05) is 44.2 Å². The van der Waals surface area contributed by atoms with Crippen molar-refractivity contribution in [2.45, 2.75) is 33.1 Å². The van der Waals surface area contributed by atoms with Gasteiger partial charge in [0.1, 0.15) is 17.1 Å². The molecule has 0 atom stereocenters. The molecule has 1 heterocycles. The van der Waals surface area contributed by atoms with Crippen molar-refractivity contribution in [3.05, 3.63) is 87.3 Å². The molecule has 0 saturated heterocycles. The van der Waals surface area contributed by atoms with Crippen molar-refractivity contribution in [2.24, 2.45) is 23.0 Å². The van der Waals surface area contributed by atoms with E-state index in [0.717, 1.165) is 17.8 Å². The Labute approximate surface area is 201 Å². The molecule has 0 fully saturated rings. The molecule has 0 bridgehead atoms. The number of halogens is 3. The van der Waals surface area contributed by atoms with Gasteiger partial charge in [-0.1, -0.05) is 44.2 Å². The van der Waals surface area contributed by atoms with Gasteiger partial charge >= 0.3 is 11.9 Å². The predicted molar refractivity (Wildman–Crippen MR) is 132 cm³/mol. The van der Waals surface area contributed by atoms with Crippen molar-refractivity contribution in [2.75, 3.05) is 18.1 Å². The molecule has 0 spiro atoms. The molecule has 0 saturated carbocycles. The molecule has 2 aromatic carbocycles. The van der Waals surface area contributed by atoms with Gasteiger partial charge in [0.25, 0.3) is 0 Å². The van der Waals surface area contributed by atoms with E-state index in [1.54, 1.807) is 14.1 Å². The topological polar surface area (TPSA) is 89.7 Å². The first kappa shape index (κ1) is 25.8. The van der Waals surface area contributed by atoms with E-state index in [2.05, 4.69) is 15.3 Å². The zero-order valence-corrected chi connectivity index (χ0v) is 20.1. The van der Waals surface area contributed by atoms with Crippen molar-refractivity contribution in [3.8, 4) is 0 Å². The molecule has 3 aromatic rings. The molecule has 0 unspecified atom stereocenters. The quantitative estimate of drug-likeness (QED) is 0.407. The van der Waals surface area contributed by atoms with Gasteiger partial charge in [-0.05, 0) is 35.7 Å². The number of para-hydroxylation sites is 1. The van der Waals surface area contributed by atoms with E-state index in [0.29, 0.717) is 29.0 Å². The standard InChI is InChI=1S/C25H29F3N6O/c1-16(2)15-34-21(29)20(23(30-3)33(4)24(34)35)22(32-19-8-6-5-7-9-19)31-14-17-10-12-18(13-11-17)25(26,27)28/h5-13,16H,14-15,29H2,1-4H3,(H,31,32). The Hall–Kier alpha value is -3.82. The SMILES string of the molecule is CN=c1c(C(=NCc2ccc(C(F)(F)F)cc2)Nc2ccccc2)c(N)n(CC(C)C)c(=O)n1C. The number of nitrogens with two attached hydrogens (primary N) is 1. The fourth-order valence-corrected chi connectivity index (χ4v) is 3.63. The summed E-state index contributed by atoms with van der Waals surface area (Å²) in [5, 5.41) is 3.25. The highest BCUT2D eigenvalue weighted by molar-refractivity contribution is 6.10. The Kier molecular flexibility index (Phi) is 7.83. The number of nitrogens with zero attached hydrogens (tertiary/aromatic N) is 4. The average Bonchev–Trinajstić information content (AvgIpc) is 2.82. The van der Waals surface area contributed by atoms with Gasteiger partial charge in [0.15, 0.2) is 0 Å². The summed E-state index contributed by atoms with van der Waals surface area (Å²) in [5.41, 5.74) is 7.56. The van der Waals surface area contributed by atoms with Crippen LogP contribution in [0.3, 0.4) is 0 Å². The summed E-state index contributed by atoms with van der Waals surface area (Å²) in [7, 11) is 3.17. The van der Waals surface area contributed by atoms with Gasteiger partial charge in [-0.3, -0.25) is 19.1 Å². The van der Waals surface area contributed by atoms with Crippen LogP contribution in [-0.4, -0.2) is 22.0 Å². The highest BCUT2D eigenvalue weighted by atomic mass is 19.4. The van der Waals surface area contributed by atoms with Crippen LogP contribution in [0.4, 0.5) is 24.7 Å². The van der Waals surface area contributed by atoms with E-state index < -0.39 is 11.7 Å². The lowest BCUT2D eigenvalue weighted by atomic mass is 10.1. The van der Waals surface area contributed by atoms with E-state index in [4.69, 9.17) is 5.73 Å². The summed E-state index contributed by atoms with van der Waals surface area (Å²) in [5.74, 6) is 0.709. The van der Waals surface area contributed by atoms with Crippen molar-refractivity contribution < 1.29 is 13.2 Å². The van der Waals surface area contributed by atoms with Crippen molar-refractivity contribution in [1.29, 1.82) is 0 Å². The second-order valence-electron chi connectivity index (χ2n) is 8.50. The normalized spacial score (nSPS) is 12.9. The number of rotatable bonds is 6. The molecule has 0 aliphatic carbocycles. The number of aliphatic imine (C=N–C) groups is 1. The van der Waals surface area contributed by atoms with Gasteiger partial charge in [-0.25, -0.2) is 4.79 Å². The molecular weight excluding hydrogens is 457 g/mol. The van der Waals surface area contributed by atoms with Crippen LogP contribution in [0, 0.1) is 5.92 Å². The number of anilines is 2. The van der Waals surface area contributed by atoms with Crippen LogP contribution in [0.5, 0.6) is 0 Å². The van der Waals surface area contributed by atoms with Crippen molar-refractivity contribution in [3.63, 3.8) is 0 Å². The third-order valence-electron chi connectivity index (χ3n) is 5.34. The number of hydrogen-bond donors (Lipinski definition) is 2. The summed E-state index contributed by atoms with van der Waals surface area (Å²) in [6.07, 6.45) is -4.41. The number of nitrogen functional groups attached to an aromatic ring is 1. The van der Waals surface area contributed by atoms with Gasteiger partial charge in [0.2, 0.25) is 0 Å². The van der Waals surface area contributed by atoms with Gasteiger partial charge in [0.05, 0.1) is 17.7 Å². The Morgan fingerprint density at radius 1 is 1.09 bits per heavy atom. The van der Waals surface area contributed by atoms with Gasteiger partial charge in [-0.15, -0.1) is 0 Å². The third-order valence-corrected chi connectivity index (χ3v) is 5.34. The lowest BCUT2D eigenvalue weighted by Crippen LogP contribution is -2.44. The summed E-state index contributed by atoms with van der Waals surface area (Å²) in [6, 6.07) is 14.1. The number of alkyl halides is 3. The Bertz CT molecular complexity index is 1320. The average molecular weight is 487 g/mol. The van der Waals surface area contributed by atoms with E-state index in [-0.39, 0.29) is 24.0 Å². The van der Waals surface area contributed by atoms with Crippen LogP contribution >= 0.6 is 0 Å². The molecular formula is C25H29F3N6O. The number of aromatic nitrogens is 2. The van der Waals surface area contributed by atoms with Crippen LogP contribution < -0.4 is 22.2 Å². The second kappa shape index (κ2) is 10.6. The molecule has 3 rings (SSSR count). The minimum absolute atomic E-state index is 0.0862. The van der Waals surface area contributed by atoms with Gasteiger partial charge in [-0.2, -0.15) is 13.2 Å². The smallest absolute Gasteiger partial charge is 0.384 e. The van der Waals surface area contributed by atoms with Crippen LogP contribution in [0.25, 0.3) is 0 Å². The fraction of sp³-hybridized carbons (Fsp3) is 0.320. The Morgan fingerprint density at radius 2 is 1.71 bits per heavy atom. The Morgan fingerprint density at radius 3 is 2.26 bits per heavy atom. The lowest BCUT2D eigenvalue weighted by Gasteiger charge is -2.20. The molecule has 35 heavy (non-hydrogen) atoms. The predicted octanol–water partition coefficient (Wildman–Crippen LogP) is 4.03. The van der Waals surface area contributed by atoms with Crippen LogP contribution in [0.2, 0.25) is 0 Å². The maximum atomic E-state index is 13.0. The molecule has 7 nitrogen and oxygen atoms in total. The number of hydrogen-bond acceptors (Lipinski definition) is 4. The first-order valence-corrected chi connectivity index (χ1v) is 11.1. The molecule has 0 radical (unpaired) electrons. The van der Waals surface area contributed by atoms with Crippen LogP contribution in [0.15, 0.2) is 69.4 Å². The van der Waals surface area contributed by atoms with Crippen LogP contribution in [-0.2, 0) is 26.3 Å². The maximum absolute atomic E-state index is 13.0. The lowest BCUT2D eigenvalue weighted by molar-refractivity contribution is -0.137. The fourth-order valence-electron chi connectivity index (χ4n) is 3.63. The molecule has 10 heteroatoms. The van der Waals surface area contributed by atoms with E-state index >= 15 is 0 Å². The first-order valence-electron chi connectivity index (χ1n) is 11.1. The monoisotopic (exact) mass is 486 g/mol. The second-order valence-corrected chi connectivity index (χ2v) is 8.50. The van der Waals surface area contributed by atoms with Gasteiger partial charge in [0, 0.05) is 26.3 Å². The van der Waals surface area contributed by atoms with Gasteiger partial charge < -0.3 is 11.1 Å². The maximum Gasteiger partial charge on any atom is 0.416 e. The van der Waals surface area contributed by atoms with Crippen LogP contribution in [0.1, 0.15) is 30.5 Å². The van der Waals surface area contributed by atoms with E-state index in [1.165, 1.54) is 21.3 Å². The molecule has 0 aliphatic rings. The van der Waals surface area contributed by atoms with E-state index in [9.17, 15) is 18.0 Å². The minimum atomic E-state index is -4.41. The number of amidine groups is 1. The third kappa shape index (κ3) is 6.00. The van der Waals surface area contributed by atoms with Crippen molar-refractivity contribution in [1.82, 2.24) is 9.13 Å². The molecule has 186 valence electrons.